The summed E-state index contributed by atoms with van der Waals surface area (Å²) in [5, 5.41) is 3.21. The molecule has 1 fully saturated rings. The molecule has 0 bridgehead atoms. The fraction of sp³-hybridized carbons (Fsp3) is 0.321. The van der Waals surface area contributed by atoms with Crippen LogP contribution >= 0.6 is 11.6 Å². The van der Waals surface area contributed by atoms with Gasteiger partial charge >= 0.3 is 6.03 Å². The van der Waals surface area contributed by atoms with Crippen LogP contribution in [0.25, 0.3) is 11.3 Å². The lowest BCUT2D eigenvalue weighted by Crippen LogP contribution is -2.41. The molecule has 198 valence electrons. The molecule has 9 nitrogen and oxygen atoms in total. The number of rotatable bonds is 4. The van der Waals surface area contributed by atoms with Gasteiger partial charge in [0.05, 0.1) is 28.5 Å². The molecule has 0 aliphatic carbocycles. The second-order valence-electron chi connectivity index (χ2n) is 9.75. The Kier molecular flexibility index (Phi) is 7.40. The molecule has 1 saturated heterocycles. The van der Waals surface area contributed by atoms with E-state index in [9.17, 15) is 14.4 Å². The first-order valence-corrected chi connectivity index (χ1v) is 13.1. The number of aromatic nitrogens is 1. The average Bonchev–Trinajstić information content (AvgIpc) is 3.04. The van der Waals surface area contributed by atoms with Crippen molar-refractivity contribution in [3.8, 4) is 11.3 Å². The summed E-state index contributed by atoms with van der Waals surface area (Å²) in [6.07, 6.45) is 0.929. The van der Waals surface area contributed by atoms with E-state index in [0.29, 0.717) is 48.1 Å². The highest BCUT2D eigenvalue weighted by Crippen LogP contribution is 2.37. The smallest absolute Gasteiger partial charge is 0.322 e. The van der Waals surface area contributed by atoms with Crippen molar-refractivity contribution in [3.05, 3.63) is 76.4 Å². The third-order valence-corrected chi connectivity index (χ3v) is 7.56. The Bertz CT molecular complexity index is 1370. The number of carbonyl (C=O) groups is 3. The van der Waals surface area contributed by atoms with E-state index in [0.717, 1.165) is 30.8 Å². The summed E-state index contributed by atoms with van der Waals surface area (Å²) >= 11 is 6.66. The Hall–Kier alpha value is -3.82. The zero-order valence-electron chi connectivity index (χ0n) is 21.3. The lowest BCUT2D eigenvalue weighted by atomic mass is 10.1. The molecule has 38 heavy (non-hydrogen) atoms. The normalized spacial score (nSPS) is 16.1. The molecule has 2 aliphatic heterocycles. The van der Waals surface area contributed by atoms with E-state index in [2.05, 4.69) is 17.3 Å². The Morgan fingerprint density at radius 1 is 0.895 bits per heavy atom. The van der Waals surface area contributed by atoms with Gasteiger partial charge in [0.1, 0.15) is 0 Å². The van der Waals surface area contributed by atoms with Crippen LogP contribution in [-0.2, 0) is 13.1 Å². The van der Waals surface area contributed by atoms with Crippen LogP contribution in [0.15, 0.2) is 54.6 Å². The number of urea groups is 1. The minimum absolute atomic E-state index is 0.0404. The molecule has 0 atom stereocenters. The van der Waals surface area contributed by atoms with Crippen LogP contribution in [0, 0.1) is 0 Å². The molecular weight excluding hydrogens is 504 g/mol. The predicted molar refractivity (Wildman–Crippen MR) is 147 cm³/mol. The van der Waals surface area contributed by atoms with Crippen LogP contribution in [0.4, 0.5) is 10.5 Å². The first-order valence-electron chi connectivity index (χ1n) is 12.7. The summed E-state index contributed by atoms with van der Waals surface area (Å²) in [7, 11) is 2.06. The summed E-state index contributed by atoms with van der Waals surface area (Å²) in [5.41, 5.74) is 9.22. The highest BCUT2D eigenvalue weighted by atomic mass is 35.5. The van der Waals surface area contributed by atoms with Gasteiger partial charge in [-0.25, -0.2) is 4.79 Å². The van der Waals surface area contributed by atoms with Crippen molar-refractivity contribution < 1.29 is 14.4 Å². The second kappa shape index (κ2) is 10.9. The van der Waals surface area contributed by atoms with Gasteiger partial charge in [0.2, 0.25) is 0 Å². The van der Waals surface area contributed by atoms with E-state index >= 15 is 0 Å². The number of amides is 4. The van der Waals surface area contributed by atoms with Gasteiger partial charge in [-0.2, -0.15) is 0 Å². The van der Waals surface area contributed by atoms with E-state index in [1.54, 1.807) is 29.2 Å². The lowest BCUT2D eigenvalue weighted by Gasteiger charge is -2.30. The monoisotopic (exact) mass is 534 g/mol. The van der Waals surface area contributed by atoms with Gasteiger partial charge in [-0.1, -0.05) is 48.0 Å². The van der Waals surface area contributed by atoms with E-state index in [4.69, 9.17) is 17.3 Å². The summed E-state index contributed by atoms with van der Waals surface area (Å²) in [6.45, 7) is 4.25. The molecule has 0 saturated carbocycles. The first-order chi connectivity index (χ1) is 18.3. The second-order valence-corrected chi connectivity index (χ2v) is 10.1. The third-order valence-electron chi connectivity index (χ3n) is 7.19. The van der Waals surface area contributed by atoms with Gasteiger partial charge in [-0.3, -0.25) is 9.59 Å². The Morgan fingerprint density at radius 2 is 1.66 bits per heavy atom. The fourth-order valence-electron chi connectivity index (χ4n) is 5.19. The van der Waals surface area contributed by atoms with Crippen molar-refractivity contribution >= 4 is 35.1 Å². The van der Waals surface area contributed by atoms with Gasteiger partial charge in [0.15, 0.2) is 0 Å². The van der Waals surface area contributed by atoms with Crippen molar-refractivity contribution in [3.63, 3.8) is 0 Å². The van der Waals surface area contributed by atoms with Crippen LogP contribution in [0.2, 0.25) is 5.02 Å². The van der Waals surface area contributed by atoms with Crippen LogP contribution in [-0.4, -0.2) is 76.9 Å². The van der Waals surface area contributed by atoms with Crippen molar-refractivity contribution in [1.29, 1.82) is 0 Å². The number of likely N-dealkylation sites (N-methyl/N-ethyl adjacent to an activating group) is 1. The molecule has 0 spiro atoms. The Labute approximate surface area is 226 Å². The molecule has 3 heterocycles. The number of nitrogens with zero attached hydrogens (tertiary/aromatic N) is 4. The Morgan fingerprint density at radius 3 is 2.42 bits per heavy atom. The minimum atomic E-state index is -0.630. The van der Waals surface area contributed by atoms with E-state index in [-0.39, 0.29) is 24.0 Å². The largest absolute Gasteiger partial charge is 0.365 e. The number of carbonyl (C=O) groups excluding carboxylic acids is 3. The van der Waals surface area contributed by atoms with Crippen LogP contribution in [0.5, 0.6) is 0 Å². The van der Waals surface area contributed by atoms with Crippen molar-refractivity contribution in [2.45, 2.75) is 19.5 Å². The van der Waals surface area contributed by atoms with Crippen LogP contribution < -0.4 is 11.1 Å². The molecular formula is C28H31ClN6O3. The number of anilines is 1. The molecule has 10 heteroatoms. The maximum Gasteiger partial charge on any atom is 0.322 e. The quantitative estimate of drug-likeness (QED) is 0.532. The molecule has 0 unspecified atom stereocenters. The maximum absolute atomic E-state index is 13.2. The molecule has 3 N–H and O–H groups in total. The van der Waals surface area contributed by atoms with E-state index < -0.39 is 5.91 Å². The summed E-state index contributed by atoms with van der Waals surface area (Å²) in [6, 6.07) is 16.3. The van der Waals surface area contributed by atoms with Gasteiger partial charge < -0.3 is 30.3 Å². The summed E-state index contributed by atoms with van der Waals surface area (Å²) < 4.78 is 1.97. The maximum atomic E-state index is 13.2. The van der Waals surface area contributed by atoms with Gasteiger partial charge in [-0.05, 0) is 43.8 Å². The van der Waals surface area contributed by atoms with E-state index in [1.807, 2.05) is 39.8 Å². The van der Waals surface area contributed by atoms with Crippen molar-refractivity contribution in [2.24, 2.45) is 5.73 Å². The number of hydrogen-bond donors (Lipinski definition) is 2. The number of nitrogens with one attached hydrogen (secondary N) is 1. The standard InChI is InChI=1S/C28H31ClN6O3/c1-32-11-6-12-33(14-13-32)27(37)20-9-5-10-21(17-20)31-28(38)34-15-16-35-22(18-34)23(26(30)36)24(29)25(35)19-7-3-2-4-8-19/h2-5,7-10,17H,6,11-16,18H2,1H3,(H2,30,36)(H,31,38). The van der Waals surface area contributed by atoms with Gasteiger partial charge in [0.25, 0.3) is 11.8 Å². The Balaban J connectivity index is 1.33. The topological polar surface area (TPSA) is 104 Å². The number of benzene rings is 2. The molecule has 3 aromatic rings. The summed E-state index contributed by atoms with van der Waals surface area (Å²) in [5.74, 6) is -0.671. The number of fused-ring (bicyclic) bond motifs is 1. The van der Waals surface area contributed by atoms with Crippen molar-refractivity contribution in [2.75, 3.05) is 45.1 Å². The van der Waals surface area contributed by atoms with Crippen LogP contribution in [0.3, 0.4) is 0 Å². The molecule has 2 aliphatic rings. The van der Waals surface area contributed by atoms with E-state index in [1.165, 1.54) is 0 Å². The number of primary amides is 1. The zero-order chi connectivity index (χ0) is 26.8. The highest BCUT2D eigenvalue weighted by molar-refractivity contribution is 6.36. The lowest BCUT2D eigenvalue weighted by molar-refractivity contribution is 0.0762. The average molecular weight is 535 g/mol. The molecule has 0 radical (unpaired) electrons. The fourth-order valence-corrected chi connectivity index (χ4v) is 5.61. The zero-order valence-corrected chi connectivity index (χ0v) is 22.1. The summed E-state index contributed by atoms with van der Waals surface area (Å²) in [4.78, 5) is 44.4. The minimum Gasteiger partial charge on any atom is -0.365 e. The van der Waals surface area contributed by atoms with Crippen molar-refractivity contribution in [1.82, 2.24) is 19.3 Å². The number of halogens is 1. The number of hydrogen-bond acceptors (Lipinski definition) is 4. The molecule has 5 rings (SSSR count). The van der Waals surface area contributed by atoms with Gasteiger partial charge in [0, 0.05) is 44.0 Å². The highest BCUT2D eigenvalue weighted by Gasteiger charge is 2.31. The van der Waals surface area contributed by atoms with Gasteiger partial charge in [-0.15, -0.1) is 0 Å². The van der Waals surface area contributed by atoms with Crippen LogP contribution in [0.1, 0.15) is 32.8 Å². The number of nitrogens with two attached hydrogens (primary N) is 1. The molecule has 1 aromatic heterocycles. The first kappa shape index (κ1) is 25.8. The SMILES string of the molecule is CN1CCCN(C(=O)c2cccc(NC(=O)N3CCn4c(c(C(N)=O)c(Cl)c4-c4ccccc4)C3)c2)CC1. The molecule has 2 aromatic carbocycles. The molecule has 4 amide bonds. The third kappa shape index (κ3) is 5.12. The predicted octanol–water partition coefficient (Wildman–Crippen LogP) is 3.73.